The van der Waals surface area contributed by atoms with Crippen molar-refractivity contribution in [2.45, 2.75) is 27.2 Å². The first-order valence-electron chi connectivity index (χ1n) is 6.38. The largest absolute Gasteiger partial charge is 0.396 e. The van der Waals surface area contributed by atoms with Crippen molar-refractivity contribution in [1.29, 1.82) is 0 Å². The zero-order chi connectivity index (χ0) is 13.8. The zero-order valence-corrected chi connectivity index (χ0v) is 11.8. The van der Waals surface area contributed by atoms with Crippen LogP contribution in [0.3, 0.4) is 0 Å². The fourth-order valence-electron chi connectivity index (χ4n) is 2.04. The van der Waals surface area contributed by atoms with Gasteiger partial charge in [-0.25, -0.2) is 4.39 Å². The number of aliphatic hydroxyl groups excluding tert-OH is 1. The molecule has 0 spiro atoms. The summed E-state index contributed by atoms with van der Waals surface area (Å²) in [5, 5.41) is 9.23. The molecule has 18 heavy (non-hydrogen) atoms. The van der Waals surface area contributed by atoms with E-state index in [1.165, 1.54) is 6.07 Å². The molecule has 1 N–H and O–H groups in total. The summed E-state index contributed by atoms with van der Waals surface area (Å²) in [5.74, 6) is -0.145. The fourth-order valence-corrected chi connectivity index (χ4v) is 2.04. The molecule has 1 aromatic carbocycles. The number of rotatable bonds is 6. The predicted molar refractivity (Wildman–Crippen MR) is 73.2 cm³/mol. The van der Waals surface area contributed by atoms with Crippen molar-refractivity contribution in [3.8, 4) is 0 Å². The second kappa shape index (κ2) is 6.30. The highest BCUT2D eigenvalue weighted by atomic mass is 19.1. The maximum absolute atomic E-state index is 13.1. The number of halogens is 1. The van der Waals surface area contributed by atoms with Crippen molar-refractivity contribution in [2.75, 3.05) is 26.7 Å². The van der Waals surface area contributed by atoms with E-state index in [9.17, 15) is 9.50 Å². The van der Waals surface area contributed by atoms with Gasteiger partial charge in [-0.2, -0.15) is 0 Å². The van der Waals surface area contributed by atoms with E-state index in [0.29, 0.717) is 5.56 Å². The molecule has 0 aliphatic heterocycles. The second-order valence-electron chi connectivity index (χ2n) is 5.89. The molecule has 0 saturated heterocycles. The molecule has 0 radical (unpaired) electrons. The maximum Gasteiger partial charge on any atom is 0.126 e. The van der Waals surface area contributed by atoms with E-state index in [0.717, 1.165) is 25.1 Å². The Balaban J connectivity index is 2.47. The first kappa shape index (κ1) is 15.1. The van der Waals surface area contributed by atoms with Crippen LogP contribution in [-0.4, -0.2) is 36.8 Å². The number of likely N-dealkylation sites (N-methyl/N-ethyl adjacent to an activating group) is 1. The van der Waals surface area contributed by atoms with E-state index in [4.69, 9.17) is 0 Å². The van der Waals surface area contributed by atoms with E-state index < -0.39 is 0 Å². The standard InChI is InChI=1S/C15H24FNO/c1-12-9-13(5-6-14(12)16)7-8-17(4)10-15(2,3)11-18/h5-6,9,18H,7-8,10-11H2,1-4H3. The lowest BCUT2D eigenvalue weighted by Gasteiger charge is -2.28. The van der Waals surface area contributed by atoms with Gasteiger partial charge in [0.25, 0.3) is 0 Å². The van der Waals surface area contributed by atoms with Crippen molar-refractivity contribution in [2.24, 2.45) is 5.41 Å². The molecule has 3 heteroatoms. The molecule has 2 nitrogen and oxygen atoms in total. The van der Waals surface area contributed by atoms with Gasteiger partial charge >= 0.3 is 0 Å². The highest BCUT2D eigenvalue weighted by molar-refractivity contribution is 5.24. The molecular formula is C15H24FNO. The Labute approximate surface area is 109 Å². The van der Waals surface area contributed by atoms with Gasteiger partial charge in [-0.3, -0.25) is 0 Å². The monoisotopic (exact) mass is 253 g/mol. The molecule has 0 saturated carbocycles. The summed E-state index contributed by atoms with van der Waals surface area (Å²) in [7, 11) is 2.05. The van der Waals surface area contributed by atoms with Crippen LogP contribution in [0.2, 0.25) is 0 Å². The highest BCUT2D eigenvalue weighted by Gasteiger charge is 2.18. The van der Waals surface area contributed by atoms with Crippen LogP contribution >= 0.6 is 0 Å². The van der Waals surface area contributed by atoms with Crippen LogP contribution in [0.1, 0.15) is 25.0 Å². The number of aliphatic hydroxyl groups is 1. The molecule has 0 unspecified atom stereocenters. The molecule has 0 heterocycles. The van der Waals surface area contributed by atoms with Gasteiger partial charge in [0, 0.05) is 25.1 Å². The quantitative estimate of drug-likeness (QED) is 0.842. The minimum Gasteiger partial charge on any atom is -0.396 e. The van der Waals surface area contributed by atoms with Crippen LogP contribution in [-0.2, 0) is 6.42 Å². The molecule has 0 aromatic heterocycles. The van der Waals surface area contributed by atoms with Gasteiger partial charge < -0.3 is 10.0 Å². The van der Waals surface area contributed by atoms with Gasteiger partial charge in [-0.1, -0.05) is 26.0 Å². The summed E-state index contributed by atoms with van der Waals surface area (Å²) >= 11 is 0. The third kappa shape index (κ3) is 4.75. The molecule has 1 rings (SSSR count). The van der Waals surface area contributed by atoms with Crippen molar-refractivity contribution < 1.29 is 9.50 Å². The van der Waals surface area contributed by atoms with Gasteiger partial charge in [0.05, 0.1) is 0 Å². The predicted octanol–water partition coefficient (Wildman–Crippen LogP) is 2.63. The lowest BCUT2D eigenvalue weighted by molar-refractivity contribution is 0.116. The average molecular weight is 253 g/mol. The number of hydrogen-bond acceptors (Lipinski definition) is 2. The molecule has 0 aliphatic rings. The highest BCUT2D eigenvalue weighted by Crippen LogP contribution is 2.15. The first-order chi connectivity index (χ1) is 8.34. The van der Waals surface area contributed by atoms with Crippen LogP contribution < -0.4 is 0 Å². The Hall–Kier alpha value is -0.930. The minimum absolute atomic E-state index is 0.0759. The lowest BCUT2D eigenvalue weighted by atomic mass is 9.94. The van der Waals surface area contributed by atoms with Crippen molar-refractivity contribution in [3.63, 3.8) is 0 Å². The maximum atomic E-state index is 13.1. The van der Waals surface area contributed by atoms with Crippen LogP contribution in [0.15, 0.2) is 18.2 Å². The van der Waals surface area contributed by atoms with E-state index in [2.05, 4.69) is 4.90 Å². The topological polar surface area (TPSA) is 23.5 Å². The van der Waals surface area contributed by atoms with Crippen molar-refractivity contribution >= 4 is 0 Å². The van der Waals surface area contributed by atoms with Crippen molar-refractivity contribution in [3.05, 3.63) is 35.1 Å². The third-order valence-electron chi connectivity index (χ3n) is 3.13. The average Bonchev–Trinajstić information content (AvgIpc) is 2.30. The van der Waals surface area contributed by atoms with Gasteiger partial charge in [0.1, 0.15) is 5.82 Å². The fraction of sp³-hybridized carbons (Fsp3) is 0.600. The summed E-state index contributed by atoms with van der Waals surface area (Å²) in [5.41, 5.74) is 1.78. The smallest absolute Gasteiger partial charge is 0.126 e. The first-order valence-corrected chi connectivity index (χ1v) is 6.38. The number of hydrogen-bond donors (Lipinski definition) is 1. The summed E-state index contributed by atoms with van der Waals surface area (Å²) in [4.78, 5) is 2.20. The van der Waals surface area contributed by atoms with Crippen molar-refractivity contribution in [1.82, 2.24) is 4.90 Å². The van der Waals surface area contributed by atoms with Gasteiger partial charge in [0.2, 0.25) is 0 Å². The third-order valence-corrected chi connectivity index (χ3v) is 3.13. The normalized spacial score (nSPS) is 12.2. The van der Waals surface area contributed by atoms with Crippen LogP contribution in [0.25, 0.3) is 0 Å². The van der Waals surface area contributed by atoms with Crippen LogP contribution in [0, 0.1) is 18.2 Å². The molecule has 0 bridgehead atoms. The van der Waals surface area contributed by atoms with Gasteiger partial charge in [-0.05, 0) is 37.6 Å². The Morgan fingerprint density at radius 2 is 2.00 bits per heavy atom. The summed E-state index contributed by atoms with van der Waals surface area (Å²) in [6.07, 6.45) is 0.902. The van der Waals surface area contributed by atoms with E-state index in [1.54, 1.807) is 6.92 Å². The van der Waals surface area contributed by atoms with E-state index in [1.807, 2.05) is 33.0 Å². The SMILES string of the molecule is Cc1cc(CCN(C)CC(C)(C)CO)ccc1F. The van der Waals surface area contributed by atoms with E-state index in [-0.39, 0.29) is 17.8 Å². The summed E-state index contributed by atoms with van der Waals surface area (Å²) in [6, 6.07) is 5.27. The molecule has 0 fully saturated rings. The molecule has 0 amide bonds. The number of nitrogens with zero attached hydrogens (tertiary/aromatic N) is 1. The Morgan fingerprint density at radius 1 is 1.33 bits per heavy atom. The van der Waals surface area contributed by atoms with Gasteiger partial charge in [-0.15, -0.1) is 0 Å². The lowest BCUT2D eigenvalue weighted by Crippen LogP contribution is -2.35. The van der Waals surface area contributed by atoms with Gasteiger partial charge in [0.15, 0.2) is 0 Å². The Bertz CT molecular complexity index is 390. The Kier molecular flexibility index (Phi) is 5.29. The summed E-state index contributed by atoms with van der Waals surface area (Å²) in [6.45, 7) is 7.83. The van der Waals surface area contributed by atoms with E-state index >= 15 is 0 Å². The minimum atomic E-state index is -0.145. The Morgan fingerprint density at radius 3 is 2.56 bits per heavy atom. The second-order valence-corrected chi connectivity index (χ2v) is 5.89. The molecule has 102 valence electrons. The number of benzene rings is 1. The molecular weight excluding hydrogens is 229 g/mol. The van der Waals surface area contributed by atoms with Crippen LogP contribution in [0.5, 0.6) is 0 Å². The molecule has 0 atom stereocenters. The number of aryl methyl sites for hydroxylation is 1. The molecule has 1 aromatic rings. The summed E-state index contributed by atoms with van der Waals surface area (Å²) < 4.78 is 13.1. The van der Waals surface area contributed by atoms with Crippen LogP contribution in [0.4, 0.5) is 4.39 Å². The molecule has 0 aliphatic carbocycles. The zero-order valence-electron chi connectivity index (χ0n) is 11.8.